The van der Waals surface area contributed by atoms with E-state index in [1.807, 2.05) is 60.5 Å². The van der Waals surface area contributed by atoms with Crippen molar-refractivity contribution in [2.45, 2.75) is 12.5 Å². The lowest BCUT2D eigenvalue weighted by molar-refractivity contribution is -0.112. The number of carbonyl (C=O) groups excluding carboxylic acids is 2. The Morgan fingerprint density at radius 1 is 1.00 bits per heavy atom. The van der Waals surface area contributed by atoms with Crippen LogP contribution in [-0.2, 0) is 11.2 Å². The monoisotopic (exact) mass is 480 g/mol. The second-order valence-corrected chi connectivity index (χ2v) is 8.47. The number of hydrogen-bond acceptors (Lipinski definition) is 9. The average Bonchev–Trinajstić information content (AvgIpc) is 3.17. The summed E-state index contributed by atoms with van der Waals surface area (Å²) in [6.07, 6.45) is 2.11. The first-order chi connectivity index (χ1) is 16.5. The molecule has 1 N–H and O–H groups in total. The molecule has 0 saturated carbocycles. The van der Waals surface area contributed by atoms with Crippen molar-refractivity contribution in [1.29, 1.82) is 0 Å². The molecular weight excluding hydrogens is 456 g/mol. The predicted molar refractivity (Wildman–Crippen MR) is 129 cm³/mol. The zero-order valence-corrected chi connectivity index (χ0v) is 19.6. The number of anilines is 1. The fourth-order valence-corrected chi connectivity index (χ4v) is 3.89. The summed E-state index contributed by atoms with van der Waals surface area (Å²) in [7, 11) is 3.49. The number of carbonyl (C=O) groups is 2. The van der Waals surface area contributed by atoms with Crippen molar-refractivity contribution in [3.63, 3.8) is 0 Å². The van der Waals surface area contributed by atoms with Crippen LogP contribution in [0.15, 0.2) is 60.8 Å². The van der Waals surface area contributed by atoms with E-state index in [9.17, 15) is 9.59 Å². The van der Waals surface area contributed by atoms with Gasteiger partial charge in [-0.3, -0.25) is 9.59 Å². The van der Waals surface area contributed by atoms with Gasteiger partial charge in [0.1, 0.15) is 29.9 Å². The standard InChI is InChI=1S/C24H24N4O5S/c1-28(23-25-12-11-21(27-23)33-19-9-7-17(31-2)8-10-19)13-14-32-18-5-3-16(4-6-18)15-20-22(29)34-24(30)26-20/h3-12,20H,13-15H2,1-2H3,(H,26,30). The molecule has 1 aliphatic rings. The highest BCUT2D eigenvalue weighted by Crippen LogP contribution is 2.23. The molecule has 1 unspecified atom stereocenters. The normalized spacial score (nSPS) is 15.1. The van der Waals surface area contributed by atoms with Crippen LogP contribution >= 0.6 is 11.8 Å². The van der Waals surface area contributed by atoms with Crippen LogP contribution in [-0.4, -0.2) is 53.7 Å². The zero-order chi connectivity index (χ0) is 23.9. The number of methoxy groups -OCH3 is 1. The predicted octanol–water partition coefficient (Wildman–Crippen LogP) is 3.69. The van der Waals surface area contributed by atoms with E-state index < -0.39 is 6.04 Å². The Bertz CT molecular complexity index is 1140. The maximum Gasteiger partial charge on any atom is 0.287 e. The highest BCUT2D eigenvalue weighted by Gasteiger charge is 2.31. The topological polar surface area (TPSA) is 103 Å². The second kappa shape index (κ2) is 10.9. The van der Waals surface area contributed by atoms with Gasteiger partial charge in [0.15, 0.2) is 0 Å². The number of aromatic nitrogens is 2. The number of nitrogens with one attached hydrogen (secondary N) is 1. The van der Waals surface area contributed by atoms with Crippen LogP contribution in [0.4, 0.5) is 10.7 Å². The molecule has 4 rings (SSSR count). The van der Waals surface area contributed by atoms with Crippen LogP contribution < -0.4 is 24.4 Å². The summed E-state index contributed by atoms with van der Waals surface area (Å²) in [6.45, 7) is 0.990. The van der Waals surface area contributed by atoms with Crippen LogP contribution in [0.3, 0.4) is 0 Å². The van der Waals surface area contributed by atoms with Crippen molar-refractivity contribution in [1.82, 2.24) is 15.3 Å². The number of ether oxygens (including phenoxy) is 3. The Balaban J connectivity index is 1.25. The first kappa shape index (κ1) is 23.4. The molecule has 9 nitrogen and oxygen atoms in total. The summed E-state index contributed by atoms with van der Waals surface area (Å²) in [6, 6.07) is 16.0. The van der Waals surface area contributed by atoms with Crippen molar-refractivity contribution in [2.24, 2.45) is 0 Å². The van der Waals surface area contributed by atoms with Gasteiger partial charge in [0.25, 0.3) is 5.24 Å². The van der Waals surface area contributed by atoms with E-state index in [2.05, 4.69) is 15.3 Å². The van der Waals surface area contributed by atoms with E-state index in [1.54, 1.807) is 19.4 Å². The third-order valence-electron chi connectivity index (χ3n) is 5.07. The summed E-state index contributed by atoms with van der Waals surface area (Å²) in [5.41, 5.74) is 0.952. The number of hydrogen-bond donors (Lipinski definition) is 1. The number of rotatable bonds is 10. The third kappa shape index (κ3) is 6.16. The minimum atomic E-state index is -0.470. The van der Waals surface area contributed by atoms with Gasteiger partial charge >= 0.3 is 0 Å². The molecule has 1 saturated heterocycles. The molecule has 34 heavy (non-hydrogen) atoms. The van der Waals surface area contributed by atoms with E-state index in [1.165, 1.54) is 0 Å². The summed E-state index contributed by atoms with van der Waals surface area (Å²) in [5.74, 6) is 3.07. The van der Waals surface area contributed by atoms with Crippen LogP contribution in [0.25, 0.3) is 0 Å². The number of nitrogens with zero attached hydrogens (tertiary/aromatic N) is 3. The van der Waals surface area contributed by atoms with Crippen LogP contribution in [0.1, 0.15) is 5.56 Å². The van der Waals surface area contributed by atoms with Gasteiger partial charge < -0.3 is 24.4 Å². The molecule has 10 heteroatoms. The van der Waals surface area contributed by atoms with E-state index in [0.29, 0.717) is 42.9 Å². The molecule has 0 bridgehead atoms. The lowest BCUT2D eigenvalue weighted by Crippen LogP contribution is -2.30. The minimum absolute atomic E-state index is 0.144. The van der Waals surface area contributed by atoms with Crippen molar-refractivity contribution < 1.29 is 23.8 Å². The fraction of sp³-hybridized carbons (Fsp3) is 0.250. The number of amides is 1. The molecule has 3 aromatic rings. The first-order valence-electron chi connectivity index (χ1n) is 10.6. The molecule has 1 atom stereocenters. The maximum absolute atomic E-state index is 11.7. The smallest absolute Gasteiger partial charge is 0.287 e. The Hall–Kier alpha value is -3.79. The van der Waals surface area contributed by atoms with Crippen LogP contribution in [0.2, 0.25) is 0 Å². The molecule has 1 amide bonds. The lowest BCUT2D eigenvalue weighted by Gasteiger charge is -2.18. The van der Waals surface area contributed by atoms with Gasteiger partial charge in [-0.15, -0.1) is 0 Å². The van der Waals surface area contributed by atoms with Gasteiger partial charge in [-0.05, 0) is 42.0 Å². The van der Waals surface area contributed by atoms with Gasteiger partial charge in [-0.25, -0.2) is 4.98 Å². The van der Waals surface area contributed by atoms with E-state index >= 15 is 0 Å². The van der Waals surface area contributed by atoms with Gasteiger partial charge in [-0.1, -0.05) is 12.1 Å². The van der Waals surface area contributed by atoms with Crippen molar-refractivity contribution in [3.8, 4) is 23.1 Å². The molecule has 2 aromatic carbocycles. The third-order valence-corrected chi connectivity index (χ3v) is 5.86. The Labute approximate surface area is 201 Å². The van der Waals surface area contributed by atoms with E-state index in [4.69, 9.17) is 14.2 Å². The Morgan fingerprint density at radius 2 is 1.71 bits per heavy atom. The SMILES string of the molecule is COc1ccc(Oc2ccnc(N(C)CCOc3ccc(CC4NC(=O)SC4=O)cc3)n2)cc1. The largest absolute Gasteiger partial charge is 0.497 e. The second-order valence-electron chi connectivity index (χ2n) is 7.50. The fourth-order valence-electron chi connectivity index (χ4n) is 3.22. The van der Waals surface area contributed by atoms with Crippen molar-refractivity contribution in [3.05, 3.63) is 66.4 Å². The quantitative estimate of drug-likeness (QED) is 0.465. The summed E-state index contributed by atoms with van der Waals surface area (Å²) in [4.78, 5) is 33.7. The number of benzene rings is 2. The van der Waals surface area contributed by atoms with Crippen molar-refractivity contribution in [2.75, 3.05) is 32.2 Å². The lowest BCUT2D eigenvalue weighted by atomic mass is 10.1. The number of likely N-dealkylation sites (N-methyl/N-ethyl adjacent to an activating group) is 1. The highest BCUT2D eigenvalue weighted by atomic mass is 32.2. The van der Waals surface area contributed by atoms with E-state index in [-0.39, 0.29) is 10.4 Å². The van der Waals surface area contributed by atoms with Gasteiger partial charge in [0, 0.05) is 37.5 Å². The molecule has 0 aliphatic carbocycles. The molecule has 1 aromatic heterocycles. The molecular formula is C24H24N4O5S. The molecule has 1 fully saturated rings. The first-order valence-corrected chi connectivity index (χ1v) is 11.4. The zero-order valence-electron chi connectivity index (χ0n) is 18.8. The summed E-state index contributed by atoms with van der Waals surface area (Å²) < 4.78 is 16.8. The summed E-state index contributed by atoms with van der Waals surface area (Å²) >= 11 is 0.724. The van der Waals surface area contributed by atoms with Gasteiger partial charge in [0.05, 0.1) is 13.7 Å². The minimum Gasteiger partial charge on any atom is -0.497 e. The van der Waals surface area contributed by atoms with E-state index in [0.717, 1.165) is 23.1 Å². The Morgan fingerprint density at radius 3 is 2.38 bits per heavy atom. The van der Waals surface area contributed by atoms with Crippen LogP contribution in [0, 0.1) is 0 Å². The van der Waals surface area contributed by atoms with Crippen LogP contribution in [0.5, 0.6) is 23.1 Å². The Kier molecular flexibility index (Phi) is 7.48. The maximum atomic E-state index is 11.7. The average molecular weight is 481 g/mol. The highest BCUT2D eigenvalue weighted by molar-refractivity contribution is 8.26. The van der Waals surface area contributed by atoms with Gasteiger partial charge in [-0.2, -0.15) is 4.98 Å². The summed E-state index contributed by atoms with van der Waals surface area (Å²) in [5, 5.41) is 2.23. The van der Waals surface area contributed by atoms with Crippen molar-refractivity contribution >= 4 is 28.1 Å². The molecule has 2 heterocycles. The molecule has 176 valence electrons. The molecule has 0 radical (unpaired) electrons. The molecule has 0 spiro atoms. The molecule has 1 aliphatic heterocycles. The van der Waals surface area contributed by atoms with Gasteiger partial charge in [0.2, 0.25) is 16.9 Å². The number of thioether (sulfide) groups is 1.